The van der Waals surface area contributed by atoms with E-state index in [0.29, 0.717) is 11.3 Å². The minimum atomic E-state index is -0.637. The number of amides is 1. The van der Waals surface area contributed by atoms with Crippen molar-refractivity contribution in [1.82, 2.24) is 0 Å². The molecule has 0 spiro atoms. The molecule has 0 radical (unpaired) electrons. The van der Waals surface area contributed by atoms with Gasteiger partial charge in [-0.25, -0.2) is 4.79 Å². The number of esters is 3. The minimum Gasteiger partial charge on any atom is -0.457 e. The van der Waals surface area contributed by atoms with Gasteiger partial charge in [0, 0.05) is 25.6 Å². The Morgan fingerprint density at radius 2 is 1.27 bits per heavy atom. The van der Waals surface area contributed by atoms with Crippen LogP contribution >= 0.6 is 0 Å². The zero-order chi connectivity index (χ0) is 28.5. The molecule has 4 aromatic carbocycles. The third kappa shape index (κ3) is 7.41. The second-order valence-corrected chi connectivity index (χ2v) is 8.83. The van der Waals surface area contributed by atoms with Gasteiger partial charge in [0.25, 0.3) is 5.91 Å². The molecule has 0 aliphatic rings. The number of hydrogen-bond donors (Lipinski definition) is 0. The summed E-state index contributed by atoms with van der Waals surface area (Å²) in [5, 5.41) is 0. The maximum absolute atomic E-state index is 13.9. The molecule has 0 unspecified atom stereocenters. The lowest BCUT2D eigenvalue weighted by atomic mass is 10.1. The highest BCUT2D eigenvalue weighted by molar-refractivity contribution is 6.08. The maximum Gasteiger partial charge on any atom is 0.338 e. The Labute approximate surface area is 231 Å². The summed E-state index contributed by atoms with van der Waals surface area (Å²) in [5.74, 6) is -2.06. The fraction of sp³-hybridized carbons (Fsp3) is 0.125. The molecule has 0 saturated carbocycles. The Bertz CT molecular complexity index is 1500. The van der Waals surface area contributed by atoms with Gasteiger partial charge in [-0.3, -0.25) is 14.4 Å². The van der Waals surface area contributed by atoms with Gasteiger partial charge in [0.2, 0.25) is 0 Å². The van der Waals surface area contributed by atoms with Crippen molar-refractivity contribution < 1.29 is 33.4 Å². The Hall–Kier alpha value is -5.24. The van der Waals surface area contributed by atoms with E-state index in [1.54, 1.807) is 24.3 Å². The Balaban J connectivity index is 1.63. The van der Waals surface area contributed by atoms with Crippen LogP contribution in [0.2, 0.25) is 0 Å². The average molecular weight is 538 g/mol. The molecule has 40 heavy (non-hydrogen) atoms. The highest BCUT2D eigenvalue weighted by Crippen LogP contribution is 2.29. The molecule has 0 aliphatic heterocycles. The molecule has 8 nitrogen and oxygen atoms in total. The summed E-state index contributed by atoms with van der Waals surface area (Å²) in [6.45, 7) is 2.79. The van der Waals surface area contributed by atoms with Gasteiger partial charge < -0.3 is 19.1 Å². The first kappa shape index (κ1) is 27.8. The summed E-state index contributed by atoms with van der Waals surface area (Å²) in [6.07, 6.45) is 0. The van der Waals surface area contributed by atoms with Crippen LogP contribution in [0.4, 0.5) is 5.69 Å². The van der Waals surface area contributed by atoms with E-state index in [9.17, 15) is 19.2 Å². The number of anilines is 1. The number of nitrogens with zero attached hydrogens (tertiary/aromatic N) is 1. The highest BCUT2D eigenvalue weighted by Gasteiger charge is 2.24. The second kappa shape index (κ2) is 13.0. The maximum atomic E-state index is 13.9. The molecule has 0 aromatic heterocycles. The zero-order valence-corrected chi connectivity index (χ0v) is 22.0. The molecule has 1 amide bonds. The summed E-state index contributed by atoms with van der Waals surface area (Å²) in [7, 11) is 0. The molecular weight excluding hydrogens is 510 g/mol. The smallest absolute Gasteiger partial charge is 0.338 e. The molecule has 0 N–H and O–H groups in total. The van der Waals surface area contributed by atoms with E-state index in [2.05, 4.69) is 0 Å². The van der Waals surface area contributed by atoms with Crippen LogP contribution in [0.5, 0.6) is 11.5 Å². The summed E-state index contributed by atoms with van der Waals surface area (Å²) in [5.41, 5.74) is 2.65. The number of benzene rings is 4. The number of rotatable bonds is 9. The normalized spacial score (nSPS) is 10.3. The third-order valence-electron chi connectivity index (χ3n) is 5.75. The third-order valence-corrected chi connectivity index (χ3v) is 5.75. The lowest BCUT2D eigenvalue weighted by Gasteiger charge is -2.24. The van der Waals surface area contributed by atoms with Crippen molar-refractivity contribution in [3.8, 4) is 11.5 Å². The minimum absolute atomic E-state index is 0.0459. The monoisotopic (exact) mass is 537 g/mol. The lowest BCUT2D eigenvalue weighted by molar-refractivity contribution is -0.132. The van der Waals surface area contributed by atoms with Gasteiger partial charge in [-0.2, -0.15) is 0 Å². The van der Waals surface area contributed by atoms with Crippen LogP contribution in [0, 0.1) is 0 Å². The predicted octanol–water partition coefficient (Wildman–Crippen LogP) is 5.74. The van der Waals surface area contributed by atoms with Gasteiger partial charge in [0.1, 0.15) is 18.1 Å². The first-order chi connectivity index (χ1) is 19.3. The molecule has 202 valence electrons. The summed E-state index contributed by atoms with van der Waals surface area (Å²) in [6, 6.07) is 29.4. The fourth-order valence-electron chi connectivity index (χ4n) is 3.92. The van der Waals surface area contributed by atoms with Crippen molar-refractivity contribution >= 4 is 29.5 Å². The molecule has 0 atom stereocenters. The van der Waals surface area contributed by atoms with Crippen molar-refractivity contribution in [2.24, 2.45) is 0 Å². The van der Waals surface area contributed by atoms with Crippen molar-refractivity contribution in [3.63, 3.8) is 0 Å². The second-order valence-electron chi connectivity index (χ2n) is 8.83. The molecule has 4 rings (SSSR count). The zero-order valence-electron chi connectivity index (χ0n) is 22.0. The number of ether oxygens (including phenoxy) is 3. The van der Waals surface area contributed by atoms with Gasteiger partial charge in [-0.15, -0.1) is 0 Å². The number of carbonyl (C=O) groups is 4. The molecule has 4 aromatic rings. The van der Waals surface area contributed by atoms with E-state index in [4.69, 9.17) is 14.2 Å². The molecule has 0 fully saturated rings. The van der Waals surface area contributed by atoms with Crippen LogP contribution < -0.4 is 14.4 Å². The van der Waals surface area contributed by atoms with E-state index in [1.165, 1.54) is 36.9 Å². The standard InChI is InChI=1S/C32H27NO7/c1-22(34)39-28-17-18-29(30(19-28)40-23(2)35)31(36)33(20-24-9-5-3-6-10-24)27-15-13-26(14-16-27)32(37)38-21-25-11-7-4-8-12-25/h3-19H,20-21H2,1-2H3. The van der Waals surface area contributed by atoms with E-state index >= 15 is 0 Å². The van der Waals surface area contributed by atoms with E-state index < -0.39 is 23.8 Å². The van der Waals surface area contributed by atoms with Gasteiger partial charge in [-0.1, -0.05) is 60.7 Å². The van der Waals surface area contributed by atoms with Gasteiger partial charge in [0.15, 0.2) is 0 Å². The topological polar surface area (TPSA) is 99.2 Å². The van der Waals surface area contributed by atoms with Gasteiger partial charge >= 0.3 is 17.9 Å². The van der Waals surface area contributed by atoms with Crippen LogP contribution in [0.3, 0.4) is 0 Å². The predicted molar refractivity (Wildman–Crippen MR) is 148 cm³/mol. The molecule has 0 heterocycles. The Morgan fingerprint density at radius 3 is 1.88 bits per heavy atom. The van der Waals surface area contributed by atoms with Crippen LogP contribution in [-0.4, -0.2) is 23.8 Å². The molecule has 0 aliphatic carbocycles. The molecule has 8 heteroatoms. The summed E-state index contributed by atoms with van der Waals surface area (Å²) < 4.78 is 15.8. The quantitative estimate of drug-likeness (QED) is 0.198. The van der Waals surface area contributed by atoms with Crippen molar-refractivity contribution in [2.75, 3.05) is 4.90 Å². The number of hydrogen-bond acceptors (Lipinski definition) is 7. The Morgan fingerprint density at radius 1 is 0.675 bits per heavy atom. The van der Waals surface area contributed by atoms with Crippen molar-refractivity contribution in [2.45, 2.75) is 27.0 Å². The SMILES string of the molecule is CC(=O)Oc1ccc(C(=O)N(Cc2ccccc2)c2ccc(C(=O)OCc3ccccc3)cc2)c(OC(C)=O)c1. The van der Waals surface area contributed by atoms with Crippen LogP contribution in [0.15, 0.2) is 103 Å². The first-order valence-corrected chi connectivity index (χ1v) is 12.5. The van der Waals surface area contributed by atoms with Crippen molar-refractivity contribution in [3.05, 3.63) is 125 Å². The average Bonchev–Trinajstić information content (AvgIpc) is 2.95. The molecule has 0 saturated heterocycles. The molecule has 0 bridgehead atoms. The Kier molecular flexibility index (Phi) is 9.04. The highest BCUT2D eigenvalue weighted by atomic mass is 16.5. The van der Waals surface area contributed by atoms with Gasteiger partial charge in [0.05, 0.1) is 17.7 Å². The summed E-state index contributed by atoms with van der Waals surface area (Å²) in [4.78, 5) is 51.2. The van der Waals surface area contributed by atoms with Crippen LogP contribution in [0.25, 0.3) is 0 Å². The van der Waals surface area contributed by atoms with E-state index in [0.717, 1.165) is 11.1 Å². The fourth-order valence-corrected chi connectivity index (χ4v) is 3.92. The van der Waals surface area contributed by atoms with Crippen LogP contribution in [0.1, 0.15) is 45.7 Å². The lowest BCUT2D eigenvalue weighted by Crippen LogP contribution is -2.31. The largest absolute Gasteiger partial charge is 0.457 e. The number of carbonyl (C=O) groups excluding carboxylic acids is 4. The van der Waals surface area contributed by atoms with E-state index in [-0.39, 0.29) is 30.2 Å². The summed E-state index contributed by atoms with van der Waals surface area (Å²) >= 11 is 0. The van der Waals surface area contributed by atoms with Crippen molar-refractivity contribution in [1.29, 1.82) is 0 Å². The van der Waals surface area contributed by atoms with E-state index in [1.807, 2.05) is 60.7 Å². The van der Waals surface area contributed by atoms with Gasteiger partial charge in [-0.05, 0) is 47.5 Å². The molecular formula is C32H27NO7. The first-order valence-electron chi connectivity index (χ1n) is 12.5. The van der Waals surface area contributed by atoms with Crippen LogP contribution in [-0.2, 0) is 27.5 Å².